The summed E-state index contributed by atoms with van der Waals surface area (Å²) in [6.45, 7) is 0. The number of nitrogens with one attached hydrogen (secondary N) is 1. The van der Waals surface area contributed by atoms with Gasteiger partial charge in [-0.25, -0.2) is 4.39 Å². The Kier molecular flexibility index (Phi) is 5.94. The lowest BCUT2D eigenvalue weighted by Gasteiger charge is -2.16. The van der Waals surface area contributed by atoms with E-state index in [1.54, 1.807) is 18.2 Å². The van der Waals surface area contributed by atoms with Crippen LogP contribution in [0.15, 0.2) is 89.3 Å². The van der Waals surface area contributed by atoms with E-state index in [-0.39, 0.29) is 23.8 Å². The molecule has 0 saturated heterocycles. The highest BCUT2D eigenvalue weighted by atomic mass is 19.1. The number of carbonyl (C=O) groups excluding carboxylic acids is 1. The molecular formula is C24H20FN3O2. The molecule has 4 aromatic rings. The summed E-state index contributed by atoms with van der Waals surface area (Å²) >= 11 is 0. The Morgan fingerprint density at radius 1 is 0.900 bits per heavy atom. The average Bonchev–Trinajstić information content (AvgIpc) is 3.28. The predicted molar refractivity (Wildman–Crippen MR) is 111 cm³/mol. The summed E-state index contributed by atoms with van der Waals surface area (Å²) in [5, 5.41) is 11.0. The molecule has 1 amide bonds. The van der Waals surface area contributed by atoms with Crippen molar-refractivity contribution >= 4 is 5.91 Å². The number of hydrogen-bond donors (Lipinski definition) is 1. The van der Waals surface area contributed by atoms with E-state index in [0.717, 1.165) is 11.1 Å². The van der Waals surface area contributed by atoms with Crippen LogP contribution < -0.4 is 5.32 Å². The molecule has 0 fully saturated rings. The van der Waals surface area contributed by atoms with Crippen LogP contribution in [0.25, 0.3) is 11.5 Å². The third-order valence-electron chi connectivity index (χ3n) is 4.71. The minimum atomic E-state index is -0.876. The van der Waals surface area contributed by atoms with E-state index in [0.29, 0.717) is 12.3 Å². The standard InChI is InChI=1S/C24H20FN3O2/c25-20-14-8-7-13-19(20)22(26-21(29)16-15-17-9-3-1-4-10-17)24-28-27-23(30-24)18-11-5-2-6-12-18/h1-14,22H,15-16H2,(H,26,29)/t22-/m1/s1. The van der Waals surface area contributed by atoms with Gasteiger partial charge in [0.1, 0.15) is 11.9 Å². The van der Waals surface area contributed by atoms with Crippen LogP contribution in [0.4, 0.5) is 4.39 Å². The Morgan fingerprint density at radius 2 is 1.57 bits per heavy atom. The lowest BCUT2D eigenvalue weighted by atomic mass is 10.0. The van der Waals surface area contributed by atoms with Gasteiger partial charge in [-0.05, 0) is 30.2 Å². The maximum absolute atomic E-state index is 14.5. The van der Waals surface area contributed by atoms with E-state index in [1.165, 1.54) is 6.07 Å². The third kappa shape index (κ3) is 4.60. The normalized spacial score (nSPS) is 11.8. The van der Waals surface area contributed by atoms with Crippen molar-refractivity contribution < 1.29 is 13.6 Å². The molecule has 1 heterocycles. The van der Waals surface area contributed by atoms with Crippen LogP contribution in [0.3, 0.4) is 0 Å². The summed E-state index contributed by atoms with van der Waals surface area (Å²) in [6, 6.07) is 24.4. The summed E-state index contributed by atoms with van der Waals surface area (Å²) in [6.07, 6.45) is 0.838. The summed E-state index contributed by atoms with van der Waals surface area (Å²) in [5.41, 5.74) is 2.08. The number of amides is 1. The van der Waals surface area contributed by atoms with Crippen LogP contribution in [-0.4, -0.2) is 16.1 Å². The van der Waals surface area contributed by atoms with E-state index >= 15 is 0 Å². The van der Waals surface area contributed by atoms with Gasteiger partial charge in [-0.3, -0.25) is 4.79 Å². The molecule has 5 nitrogen and oxygen atoms in total. The van der Waals surface area contributed by atoms with Gasteiger partial charge >= 0.3 is 0 Å². The highest BCUT2D eigenvalue weighted by molar-refractivity contribution is 5.77. The lowest BCUT2D eigenvalue weighted by Crippen LogP contribution is -2.30. The highest BCUT2D eigenvalue weighted by Gasteiger charge is 2.25. The molecule has 0 aliphatic rings. The van der Waals surface area contributed by atoms with E-state index in [1.807, 2.05) is 60.7 Å². The SMILES string of the molecule is O=C(CCc1ccccc1)N[C@@H](c1nnc(-c2ccccc2)o1)c1ccccc1F. The highest BCUT2D eigenvalue weighted by Crippen LogP contribution is 2.26. The summed E-state index contributed by atoms with van der Waals surface area (Å²) < 4.78 is 20.3. The molecule has 1 atom stereocenters. The molecule has 1 aromatic heterocycles. The zero-order valence-corrected chi connectivity index (χ0v) is 16.2. The second kappa shape index (κ2) is 9.13. The quantitative estimate of drug-likeness (QED) is 0.487. The fraction of sp³-hybridized carbons (Fsp3) is 0.125. The van der Waals surface area contributed by atoms with Gasteiger partial charge in [-0.2, -0.15) is 0 Å². The van der Waals surface area contributed by atoms with E-state index in [9.17, 15) is 9.18 Å². The van der Waals surface area contributed by atoms with E-state index in [4.69, 9.17) is 4.42 Å². The monoisotopic (exact) mass is 401 g/mol. The maximum Gasteiger partial charge on any atom is 0.247 e. The van der Waals surface area contributed by atoms with Crippen molar-refractivity contribution in [3.8, 4) is 11.5 Å². The van der Waals surface area contributed by atoms with Crippen molar-refractivity contribution in [1.82, 2.24) is 15.5 Å². The van der Waals surface area contributed by atoms with Crippen LogP contribution in [-0.2, 0) is 11.2 Å². The molecule has 0 radical (unpaired) electrons. The number of nitrogens with zero attached hydrogens (tertiary/aromatic N) is 2. The Labute approximate surface area is 173 Å². The summed E-state index contributed by atoms with van der Waals surface area (Å²) in [4.78, 5) is 12.6. The molecule has 4 rings (SSSR count). The first-order valence-corrected chi connectivity index (χ1v) is 9.67. The average molecular weight is 401 g/mol. The maximum atomic E-state index is 14.5. The number of halogens is 1. The molecule has 30 heavy (non-hydrogen) atoms. The van der Waals surface area contributed by atoms with Crippen molar-refractivity contribution in [1.29, 1.82) is 0 Å². The first kappa shape index (κ1) is 19.5. The van der Waals surface area contributed by atoms with Gasteiger partial charge < -0.3 is 9.73 Å². The Hall–Kier alpha value is -3.80. The van der Waals surface area contributed by atoms with Gasteiger partial charge in [0.25, 0.3) is 0 Å². The van der Waals surface area contributed by atoms with Gasteiger partial charge in [0.2, 0.25) is 17.7 Å². The van der Waals surface area contributed by atoms with Crippen molar-refractivity contribution in [2.24, 2.45) is 0 Å². The Balaban J connectivity index is 1.57. The van der Waals surface area contributed by atoms with Crippen LogP contribution in [0.5, 0.6) is 0 Å². The fourth-order valence-electron chi connectivity index (χ4n) is 3.17. The first-order chi connectivity index (χ1) is 14.7. The summed E-state index contributed by atoms with van der Waals surface area (Å²) in [5.74, 6) is -0.241. The van der Waals surface area contributed by atoms with Gasteiger partial charge in [0.05, 0.1) is 0 Å². The van der Waals surface area contributed by atoms with Gasteiger partial charge in [0.15, 0.2) is 0 Å². The van der Waals surface area contributed by atoms with Crippen molar-refractivity contribution in [3.63, 3.8) is 0 Å². The van der Waals surface area contributed by atoms with Gasteiger partial charge in [0, 0.05) is 17.5 Å². The summed E-state index contributed by atoms with van der Waals surface area (Å²) in [7, 11) is 0. The van der Waals surface area contributed by atoms with Crippen LogP contribution in [0.2, 0.25) is 0 Å². The topological polar surface area (TPSA) is 68.0 Å². The van der Waals surface area contributed by atoms with Crippen molar-refractivity contribution in [2.75, 3.05) is 0 Å². The molecule has 150 valence electrons. The molecule has 0 unspecified atom stereocenters. The number of rotatable bonds is 7. The molecule has 3 aromatic carbocycles. The molecule has 0 aliphatic heterocycles. The third-order valence-corrected chi connectivity index (χ3v) is 4.71. The fourth-order valence-corrected chi connectivity index (χ4v) is 3.17. The van der Waals surface area contributed by atoms with Crippen molar-refractivity contribution in [2.45, 2.75) is 18.9 Å². The molecule has 0 spiro atoms. The molecule has 0 saturated carbocycles. The number of aryl methyl sites for hydroxylation is 1. The number of carbonyl (C=O) groups is 1. The lowest BCUT2D eigenvalue weighted by molar-refractivity contribution is -0.121. The number of hydrogen-bond acceptors (Lipinski definition) is 4. The molecule has 0 aliphatic carbocycles. The van der Waals surface area contributed by atoms with Crippen LogP contribution in [0, 0.1) is 5.82 Å². The minimum Gasteiger partial charge on any atom is -0.418 e. The van der Waals surface area contributed by atoms with Gasteiger partial charge in [-0.15, -0.1) is 10.2 Å². The minimum absolute atomic E-state index is 0.131. The number of benzene rings is 3. The molecule has 1 N–H and O–H groups in total. The smallest absolute Gasteiger partial charge is 0.247 e. The Bertz CT molecular complexity index is 1110. The molecule has 6 heteroatoms. The van der Waals surface area contributed by atoms with E-state index < -0.39 is 11.9 Å². The van der Waals surface area contributed by atoms with Gasteiger partial charge in [-0.1, -0.05) is 66.7 Å². The zero-order chi connectivity index (χ0) is 20.8. The second-order valence-corrected chi connectivity index (χ2v) is 6.82. The molecule has 0 bridgehead atoms. The predicted octanol–water partition coefficient (Wildman–Crippen LogP) is 4.71. The second-order valence-electron chi connectivity index (χ2n) is 6.82. The van der Waals surface area contributed by atoms with E-state index in [2.05, 4.69) is 15.5 Å². The number of aromatic nitrogens is 2. The van der Waals surface area contributed by atoms with Crippen molar-refractivity contribution in [3.05, 3.63) is 108 Å². The Morgan fingerprint density at radius 3 is 2.30 bits per heavy atom. The van der Waals surface area contributed by atoms with Crippen LogP contribution in [0.1, 0.15) is 29.5 Å². The largest absolute Gasteiger partial charge is 0.418 e. The first-order valence-electron chi connectivity index (χ1n) is 9.67. The van der Waals surface area contributed by atoms with Crippen LogP contribution >= 0.6 is 0 Å². The molecular weight excluding hydrogens is 381 g/mol. The zero-order valence-electron chi connectivity index (χ0n) is 16.2.